The Hall–Kier alpha value is -1.04. The minimum atomic E-state index is -0.856. The number of thioether (sulfide) groups is 1. The van der Waals surface area contributed by atoms with E-state index in [4.69, 9.17) is 9.47 Å². The van der Waals surface area contributed by atoms with E-state index in [0.29, 0.717) is 19.8 Å². The molecule has 1 N–H and O–H groups in total. The van der Waals surface area contributed by atoms with E-state index < -0.39 is 5.54 Å². The molecule has 1 unspecified atom stereocenters. The van der Waals surface area contributed by atoms with Crippen molar-refractivity contribution in [2.45, 2.75) is 24.3 Å². The van der Waals surface area contributed by atoms with E-state index in [1.54, 1.807) is 18.9 Å². The largest absolute Gasteiger partial charge is 0.464 e. The first-order chi connectivity index (χ1) is 9.58. The number of hydrogen-bond acceptors (Lipinski definition) is 5. The fourth-order valence-electron chi connectivity index (χ4n) is 1.89. The molecule has 1 rings (SSSR count). The minimum Gasteiger partial charge on any atom is -0.464 e. The highest BCUT2D eigenvalue weighted by atomic mass is 32.2. The first-order valence-electron chi connectivity index (χ1n) is 6.64. The predicted octanol–water partition coefficient (Wildman–Crippen LogP) is 2.42. The zero-order valence-electron chi connectivity index (χ0n) is 12.6. The highest BCUT2D eigenvalue weighted by molar-refractivity contribution is 7.98. The number of esters is 1. The van der Waals surface area contributed by atoms with Crippen molar-refractivity contribution in [1.29, 1.82) is 0 Å². The van der Waals surface area contributed by atoms with Crippen LogP contribution in [0, 0.1) is 0 Å². The molecule has 0 spiro atoms. The molecule has 20 heavy (non-hydrogen) atoms. The van der Waals surface area contributed by atoms with E-state index in [2.05, 4.69) is 5.32 Å². The average molecular weight is 297 g/mol. The summed E-state index contributed by atoms with van der Waals surface area (Å²) in [7, 11) is 1.64. The molecule has 0 heterocycles. The Balaban J connectivity index is 2.97. The van der Waals surface area contributed by atoms with Crippen LogP contribution in [-0.4, -0.2) is 39.1 Å². The molecule has 0 fully saturated rings. The minimum absolute atomic E-state index is 0.270. The van der Waals surface area contributed by atoms with Gasteiger partial charge in [-0.25, -0.2) is 4.79 Å². The van der Waals surface area contributed by atoms with Crippen molar-refractivity contribution in [3.05, 3.63) is 29.8 Å². The summed E-state index contributed by atoms with van der Waals surface area (Å²) in [6.45, 7) is 5.14. The first kappa shape index (κ1) is 17.0. The van der Waals surface area contributed by atoms with Crippen molar-refractivity contribution in [3.8, 4) is 0 Å². The van der Waals surface area contributed by atoms with Gasteiger partial charge >= 0.3 is 5.97 Å². The SMILES string of the molecule is CCOC(=O)C(C)(NCCOC)c1ccc(SC)cc1. The molecule has 0 saturated heterocycles. The monoisotopic (exact) mass is 297 g/mol. The van der Waals surface area contributed by atoms with Crippen molar-refractivity contribution >= 4 is 17.7 Å². The molecule has 1 aromatic rings. The number of carbonyl (C=O) groups excluding carboxylic acids is 1. The molecule has 1 aromatic carbocycles. The lowest BCUT2D eigenvalue weighted by atomic mass is 9.92. The second-order valence-electron chi connectivity index (χ2n) is 4.49. The number of ether oxygens (including phenoxy) is 2. The van der Waals surface area contributed by atoms with E-state index in [0.717, 1.165) is 10.5 Å². The van der Waals surface area contributed by atoms with Gasteiger partial charge in [-0.1, -0.05) is 12.1 Å². The van der Waals surface area contributed by atoms with Gasteiger partial charge in [0, 0.05) is 18.6 Å². The van der Waals surface area contributed by atoms with E-state index in [1.807, 2.05) is 44.4 Å². The molecule has 4 nitrogen and oxygen atoms in total. The summed E-state index contributed by atoms with van der Waals surface area (Å²) in [6.07, 6.45) is 2.02. The second-order valence-corrected chi connectivity index (χ2v) is 5.37. The molecule has 0 bridgehead atoms. The van der Waals surface area contributed by atoms with Crippen LogP contribution in [0.5, 0.6) is 0 Å². The van der Waals surface area contributed by atoms with Gasteiger partial charge in [-0.15, -0.1) is 11.8 Å². The number of hydrogen-bond donors (Lipinski definition) is 1. The topological polar surface area (TPSA) is 47.6 Å². The molecule has 1 atom stereocenters. The van der Waals surface area contributed by atoms with E-state index >= 15 is 0 Å². The predicted molar refractivity (Wildman–Crippen MR) is 82.1 cm³/mol. The molecule has 0 radical (unpaired) electrons. The Labute approximate surface area is 125 Å². The maximum Gasteiger partial charge on any atom is 0.330 e. The molecule has 5 heteroatoms. The van der Waals surface area contributed by atoms with Crippen LogP contribution in [0.2, 0.25) is 0 Å². The van der Waals surface area contributed by atoms with Gasteiger partial charge in [-0.05, 0) is 37.8 Å². The van der Waals surface area contributed by atoms with Crippen LogP contribution >= 0.6 is 11.8 Å². The van der Waals surface area contributed by atoms with Crippen molar-refractivity contribution in [3.63, 3.8) is 0 Å². The van der Waals surface area contributed by atoms with Gasteiger partial charge in [0.05, 0.1) is 13.2 Å². The summed E-state index contributed by atoms with van der Waals surface area (Å²) >= 11 is 1.67. The molecular weight excluding hydrogens is 274 g/mol. The van der Waals surface area contributed by atoms with Crippen LogP contribution in [0.1, 0.15) is 19.4 Å². The van der Waals surface area contributed by atoms with Crippen molar-refractivity contribution in [2.75, 3.05) is 33.1 Å². The molecule has 112 valence electrons. The molecule has 0 aliphatic carbocycles. The van der Waals surface area contributed by atoms with Gasteiger partial charge < -0.3 is 9.47 Å². The van der Waals surface area contributed by atoms with Crippen LogP contribution in [0.15, 0.2) is 29.2 Å². The summed E-state index contributed by atoms with van der Waals surface area (Å²) in [4.78, 5) is 13.4. The Morgan fingerprint density at radius 1 is 1.35 bits per heavy atom. The Morgan fingerprint density at radius 2 is 2.00 bits per heavy atom. The van der Waals surface area contributed by atoms with Crippen LogP contribution in [0.3, 0.4) is 0 Å². The zero-order valence-corrected chi connectivity index (χ0v) is 13.4. The van der Waals surface area contributed by atoms with Crippen LogP contribution in [0.25, 0.3) is 0 Å². The highest BCUT2D eigenvalue weighted by Gasteiger charge is 2.36. The van der Waals surface area contributed by atoms with Gasteiger partial charge in [0.15, 0.2) is 0 Å². The summed E-state index contributed by atoms with van der Waals surface area (Å²) in [5, 5.41) is 3.23. The Bertz CT molecular complexity index is 422. The lowest BCUT2D eigenvalue weighted by Gasteiger charge is -2.29. The van der Waals surface area contributed by atoms with Crippen molar-refractivity contribution < 1.29 is 14.3 Å². The number of nitrogens with one attached hydrogen (secondary N) is 1. The van der Waals surface area contributed by atoms with Crippen molar-refractivity contribution in [1.82, 2.24) is 5.32 Å². The van der Waals surface area contributed by atoms with Gasteiger partial charge in [0.1, 0.15) is 5.54 Å². The fourth-order valence-corrected chi connectivity index (χ4v) is 2.30. The molecular formula is C15H23NO3S. The number of rotatable bonds is 8. The maximum atomic E-state index is 12.3. The summed E-state index contributed by atoms with van der Waals surface area (Å²) in [6, 6.07) is 7.94. The molecule has 0 aliphatic rings. The number of benzene rings is 1. The Morgan fingerprint density at radius 3 is 2.50 bits per heavy atom. The zero-order chi connectivity index (χ0) is 15.0. The van der Waals surface area contributed by atoms with Crippen LogP contribution in [0.4, 0.5) is 0 Å². The van der Waals surface area contributed by atoms with Gasteiger partial charge in [0.25, 0.3) is 0 Å². The van der Waals surface area contributed by atoms with Crippen molar-refractivity contribution in [2.24, 2.45) is 0 Å². The third-order valence-electron chi connectivity index (χ3n) is 3.14. The lowest BCUT2D eigenvalue weighted by Crippen LogP contribution is -2.48. The molecule has 0 amide bonds. The summed E-state index contributed by atoms with van der Waals surface area (Å²) in [5.74, 6) is -0.270. The van der Waals surface area contributed by atoms with Gasteiger partial charge in [0.2, 0.25) is 0 Å². The number of methoxy groups -OCH3 is 1. The third kappa shape index (κ3) is 4.23. The van der Waals surface area contributed by atoms with E-state index in [-0.39, 0.29) is 5.97 Å². The third-order valence-corrected chi connectivity index (χ3v) is 3.88. The van der Waals surface area contributed by atoms with Gasteiger partial charge in [-0.3, -0.25) is 5.32 Å². The summed E-state index contributed by atoms with van der Waals surface area (Å²) in [5.41, 5.74) is 0.0377. The Kier molecular flexibility index (Phi) is 7.05. The lowest BCUT2D eigenvalue weighted by molar-refractivity contribution is -0.151. The fraction of sp³-hybridized carbons (Fsp3) is 0.533. The molecule has 0 aliphatic heterocycles. The van der Waals surface area contributed by atoms with Crippen LogP contribution in [-0.2, 0) is 19.8 Å². The molecule has 0 saturated carbocycles. The first-order valence-corrected chi connectivity index (χ1v) is 7.86. The maximum absolute atomic E-state index is 12.3. The smallest absolute Gasteiger partial charge is 0.330 e. The highest BCUT2D eigenvalue weighted by Crippen LogP contribution is 2.25. The number of carbonyl (C=O) groups is 1. The second kappa shape index (κ2) is 8.29. The van der Waals surface area contributed by atoms with E-state index in [9.17, 15) is 4.79 Å². The standard InChI is InChI=1S/C15H23NO3S/c1-5-19-14(17)15(2,16-10-11-18-3)12-6-8-13(20-4)9-7-12/h6-9,16H,5,10-11H2,1-4H3. The van der Waals surface area contributed by atoms with E-state index in [1.165, 1.54) is 0 Å². The normalized spacial score (nSPS) is 13.8. The van der Waals surface area contributed by atoms with Gasteiger partial charge in [-0.2, -0.15) is 0 Å². The molecule has 0 aromatic heterocycles. The quantitative estimate of drug-likeness (QED) is 0.454. The average Bonchev–Trinajstić information content (AvgIpc) is 2.47. The summed E-state index contributed by atoms with van der Waals surface area (Å²) < 4.78 is 10.2. The van der Waals surface area contributed by atoms with Crippen LogP contribution < -0.4 is 5.32 Å².